The van der Waals surface area contributed by atoms with Gasteiger partial charge in [-0.2, -0.15) is 5.10 Å². The molecule has 0 N–H and O–H groups in total. The highest BCUT2D eigenvalue weighted by Crippen LogP contribution is 2.23. The van der Waals surface area contributed by atoms with E-state index < -0.39 is 5.60 Å². The van der Waals surface area contributed by atoms with Gasteiger partial charge in [-0.1, -0.05) is 29.8 Å². The second-order valence-electron chi connectivity index (χ2n) is 9.04. The summed E-state index contributed by atoms with van der Waals surface area (Å²) in [4.78, 5) is 2.34. The highest BCUT2D eigenvalue weighted by Gasteiger charge is 2.36. The maximum Gasteiger partial charge on any atom is 0.137 e. The number of aromatic nitrogens is 2. The molecule has 2 heterocycles. The first-order valence-corrected chi connectivity index (χ1v) is 12.3. The lowest BCUT2D eigenvalue weighted by atomic mass is 10.1. The van der Waals surface area contributed by atoms with Crippen molar-refractivity contribution in [3.8, 4) is 11.5 Å². The van der Waals surface area contributed by atoms with E-state index in [9.17, 15) is 0 Å². The first-order chi connectivity index (χ1) is 16.9. The third-order valence-electron chi connectivity index (χ3n) is 6.14. The van der Waals surface area contributed by atoms with Crippen LogP contribution in [0.1, 0.15) is 17.0 Å². The number of benzene rings is 2. The number of methoxy groups -OCH3 is 1. The Morgan fingerprint density at radius 2 is 1.86 bits per heavy atom. The zero-order valence-electron chi connectivity index (χ0n) is 20.7. The van der Waals surface area contributed by atoms with Crippen molar-refractivity contribution >= 4 is 11.6 Å². The third kappa shape index (κ3) is 7.21. The quantitative estimate of drug-likeness (QED) is 0.408. The summed E-state index contributed by atoms with van der Waals surface area (Å²) < 4.78 is 25.9. The minimum atomic E-state index is -0.577. The summed E-state index contributed by atoms with van der Waals surface area (Å²) >= 11 is 6.10. The Kier molecular flexibility index (Phi) is 8.68. The maximum absolute atomic E-state index is 6.10. The molecule has 0 bridgehead atoms. The Morgan fingerprint density at radius 1 is 1.06 bits per heavy atom. The van der Waals surface area contributed by atoms with Crippen molar-refractivity contribution in [1.29, 1.82) is 0 Å². The van der Waals surface area contributed by atoms with E-state index in [0.29, 0.717) is 38.0 Å². The van der Waals surface area contributed by atoms with Crippen LogP contribution in [0, 0.1) is 13.8 Å². The van der Waals surface area contributed by atoms with E-state index in [1.807, 2.05) is 41.9 Å². The van der Waals surface area contributed by atoms with Gasteiger partial charge in [-0.3, -0.25) is 9.58 Å². The van der Waals surface area contributed by atoms with E-state index in [2.05, 4.69) is 35.1 Å². The van der Waals surface area contributed by atoms with E-state index >= 15 is 0 Å². The zero-order valence-corrected chi connectivity index (χ0v) is 21.5. The Labute approximate surface area is 212 Å². The molecule has 1 atom stereocenters. The summed E-state index contributed by atoms with van der Waals surface area (Å²) in [6.45, 7) is 9.09. The molecule has 1 aromatic heterocycles. The number of aryl methyl sites for hydroxylation is 2. The Hall–Kier alpha value is -2.58. The number of hydrogen-bond donors (Lipinski definition) is 0. The maximum atomic E-state index is 6.10. The van der Waals surface area contributed by atoms with E-state index in [4.69, 9.17) is 30.5 Å². The molecule has 4 rings (SSSR count). The predicted octanol–water partition coefficient (Wildman–Crippen LogP) is 4.53. The van der Waals surface area contributed by atoms with Crippen LogP contribution in [0.2, 0.25) is 5.02 Å². The topological polar surface area (TPSA) is 58.0 Å². The largest absolute Gasteiger partial charge is 0.492 e. The number of hydrogen-bond acceptors (Lipinski definition) is 6. The lowest BCUT2D eigenvalue weighted by Crippen LogP contribution is -2.50. The summed E-state index contributed by atoms with van der Waals surface area (Å²) in [6, 6.07) is 17.7. The molecule has 188 valence electrons. The fraction of sp³-hybridized carbons (Fsp3) is 0.444. The van der Waals surface area contributed by atoms with Crippen molar-refractivity contribution in [3.05, 3.63) is 76.6 Å². The monoisotopic (exact) mass is 499 g/mol. The number of ether oxygens (including phenoxy) is 4. The summed E-state index contributed by atoms with van der Waals surface area (Å²) in [5, 5.41) is 5.14. The van der Waals surface area contributed by atoms with Gasteiger partial charge in [0.15, 0.2) is 0 Å². The van der Waals surface area contributed by atoms with Gasteiger partial charge < -0.3 is 18.9 Å². The molecule has 1 aliphatic heterocycles. The van der Waals surface area contributed by atoms with E-state index in [1.54, 1.807) is 13.2 Å². The molecule has 35 heavy (non-hydrogen) atoms. The molecular formula is C27H34ClN3O4. The lowest BCUT2D eigenvalue weighted by molar-refractivity contribution is -0.0925. The van der Waals surface area contributed by atoms with Gasteiger partial charge in [-0.25, -0.2) is 0 Å². The van der Waals surface area contributed by atoms with E-state index in [-0.39, 0.29) is 0 Å². The standard InChI is InChI=1S/C27H34ClN3O4/c1-21-14-22(2)31(29-21)11-13-34-25-8-4-6-23(15-25)17-30-10-12-33-19-27(18-30,32-3)20-35-26-9-5-7-24(28)16-26/h4-9,14-16H,10-13,17-20H2,1-3H3/t27-/m0/s1. The SMILES string of the molecule is CO[C@]1(COc2cccc(Cl)c2)COCCN(Cc2cccc(OCCn3nc(C)cc3C)c2)C1. The Bertz CT molecular complexity index is 1110. The van der Waals surface area contributed by atoms with Crippen molar-refractivity contribution in [2.75, 3.05) is 46.6 Å². The van der Waals surface area contributed by atoms with E-state index in [1.165, 1.54) is 5.56 Å². The highest BCUT2D eigenvalue weighted by atomic mass is 35.5. The Balaban J connectivity index is 1.35. The van der Waals surface area contributed by atoms with Crippen LogP contribution in [0.15, 0.2) is 54.6 Å². The van der Waals surface area contributed by atoms with Crippen LogP contribution in [0.3, 0.4) is 0 Å². The van der Waals surface area contributed by atoms with Crippen molar-refractivity contribution in [3.63, 3.8) is 0 Å². The molecule has 1 saturated heterocycles. The van der Waals surface area contributed by atoms with Crippen molar-refractivity contribution < 1.29 is 18.9 Å². The lowest BCUT2D eigenvalue weighted by Gasteiger charge is -2.34. The van der Waals surface area contributed by atoms with Gasteiger partial charge in [-0.05, 0) is 55.8 Å². The molecule has 0 spiro atoms. The first-order valence-electron chi connectivity index (χ1n) is 11.9. The van der Waals surface area contributed by atoms with Crippen LogP contribution in [-0.4, -0.2) is 66.9 Å². The van der Waals surface area contributed by atoms with E-state index in [0.717, 1.165) is 42.5 Å². The molecule has 0 unspecified atom stereocenters. The average molecular weight is 500 g/mol. The molecule has 1 fully saturated rings. The van der Waals surface area contributed by atoms with Crippen LogP contribution < -0.4 is 9.47 Å². The molecule has 7 nitrogen and oxygen atoms in total. The molecule has 0 radical (unpaired) electrons. The molecule has 2 aromatic carbocycles. The van der Waals surface area contributed by atoms with Crippen LogP contribution in [0.4, 0.5) is 0 Å². The summed E-state index contributed by atoms with van der Waals surface area (Å²) in [5.41, 5.74) is 2.77. The smallest absolute Gasteiger partial charge is 0.137 e. The van der Waals surface area contributed by atoms with Crippen LogP contribution >= 0.6 is 11.6 Å². The molecule has 8 heteroatoms. The summed E-state index contributed by atoms with van der Waals surface area (Å²) in [7, 11) is 1.71. The molecule has 0 amide bonds. The molecule has 1 aliphatic rings. The Morgan fingerprint density at radius 3 is 2.60 bits per heavy atom. The average Bonchev–Trinajstić information content (AvgIpc) is 3.03. The van der Waals surface area contributed by atoms with Gasteiger partial charge in [0.1, 0.15) is 30.3 Å². The van der Waals surface area contributed by atoms with Crippen LogP contribution in [-0.2, 0) is 22.6 Å². The molecule has 0 aliphatic carbocycles. The normalized spacial score (nSPS) is 18.9. The minimum Gasteiger partial charge on any atom is -0.492 e. The number of nitrogens with zero attached hydrogens (tertiary/aromatic N) is 3. The van der Waals surface area contributed by atoms with Crippen LogP contribution in [0.25, 0.3) is 0 Å². The predicted molar refractivity (Wildman–Crippen MR) is 136 cm³/mol. The van der Waals surface area contributed by atoms with Gasteiger partial charge in [0.2, 0.25) is 0 Å². The second kappa shape index (κ2) is 11.9. The number of halogens is 1. The fourth-order valence-electron chi connectivity index (χ4n) is 4.30. The number of rotatable bonds is 10. The van der Waals surface area contributed by atoms with Gasteiger partial charge in [0, 0.05) is 37.5 Å². The second-order valence-corrected chi connectivity index (χ2v) is 9.48. The van der Waals surface area contributed by atoms with Gasteiger partial charge in [-0.15, -0.1) is 0 Å². The van der Waals surface area contributed by atoms with Crippen molar-refractivity contribution in [1.82, 2.24) is 14.7 Å². The molecule has 0 saturated carbocycles. The van der Waals surface area contributed by atoms with Crippen molar-refractivity contribution in [2.24, 2.45) is 0 Å². The third-order valence-corrected chi connectivity index (χ3v) is 6.37. The van der Waals surface area contributed by atoms with Crippen LogP contribution in [0.5, 0.6) is 11.5 Å². The molecule has 3 aromatic rings. The summed E-state index contributed by atoms with van der Waals surface area (Å²) in [6.07, 6.45) is 0. The fourth-order valence-corrected chi connectivity index (χ4v) is 4.48. The molecular weight excluding hydrogens is 466 g/mol. The van der Waals surface area contributed by atoms with Gasteiger partial charge >= 0.3 is 0 Å². The zero-order chi connectivity index (χ0) is 24.7. The highest BCUT2D eigenvalue weighted by molar-refractivity contribution is 6.30. The van der Waals surface area contributed by atoms with Gasteiger partial charge in [0.25, 0.3) is 0 Å². The minimum absolute atomic E-state index is 0.371. The first kappa shape index (κ1) is 25.5. The van der Waals surface area contributed by atoms with Gasteiger partial charge in [0.05, 0.1) is 25.5 Å². The summed E-state index contributed by atoms with van der Waals surface area (Å²) in [5.74, 6) is 1.58. The van der Waals surface area contributed by atoms with Crippen molar-refractivity contribution in [2.45, 2.75) is 32.5 Å².